The highest BCUT2D eigenvalue weighted by Gasteiger charge is 2.23. The Morgan fingerprint density at radius 1 is 1.17 bits per heavy atom. The van der Waals surface area contributed by atoms with Crippen molar-refractivity contribution in [2.24, 2.45) is 0 Å². The molecular formula is C17H19N3O3. The van der Waals surface area contributed by atoms with Crippen molar-refractivity contribution >= 4 is 17.8 Å². The van der Waals surface area contributed by atoms with E-state index in [0.29, 0.717) is 5.95 Å². The molecule has 1 aromatic carbocycles. The van der Waals surface area contributed by atoms with Crippen molar-refractivity contribution in [1.82, 2.24) is 9.97 Å². The monoisotopic (exact) mass is 313 g/mol. The Hall–Kier alpha value is -2.63. The SMILES string of the molecule is CC(C)OC(=O)Oc1nc(Nc2ccccc2)nc2c1CCC2. The Morgan fingerprint density at radius 2 is 1.96 bits per heavy atom. The lowest BCUT2D eigenvalue weighted by Gasteiger charge is -2.12. The van der Waals surface area contributed by atoms with Gasteiger partial charge in [0.05, 0.1) is 11.8 Å². The summed E-state index contributed by atoms with van der Waals surface area (Å²) >= 11 is 0. The van der Waals surface area contributed by atoms with E-state index >= 15 is 0 Å². The number of nitrogens with zero attached hydrogens (tertiary/aromatic N) is 2. The number of aryl methyl sites for hydroxylation is 1. The molecule has 0 bridgehead atoms. The average molecular weight is 313 g/mol. The fourth-order valence-electron chi connectivity index (χ4n) is 2.48. The van der Waals surface area contributed by atoms with Gasteiger partial charge in [-0.25, -0.2) is 9.78 Å². The molecule has 120 valence electrons. The third kappa shape index (κ3) is 3.77. The normalized spacial score (nSPS) is 12.8. The van der Waals surface area contributed by atoms with Crippen LogP contribution in [0.1, 0.15) is 31.5 Å². The number of aromatic nitrogens is 2. The van der Waals surface area contributed by atoms with Crippen molar-refractivity contribution in [2.45, 2.75) is 39.2 Å². The van der Waals surface area contributed by atoms with E-state index in [1.165, 1.54) is 0 Å². The molecule has 1 aliphatic carbocycles. The fraction of sp³-hybridized carbons (Fsp3) is 0.353. The van der Waals surface area contributed by atoms with Gasteiger partial charge in [-0.15, -0.1) is 0 Å². The molecule has 0 radical (unpaired) electrons. The average Bonchev–Trinajstić information content (AvgIpc) is 2.96. The maximum Gasteiger partial charge on any atom is 0.515 e. The molecule has 1 aliphatic rings. The number of rotatable bonds is 4. The lowest BCUT2D eigenvalue weighted by molar-refractivity contribution is 0.0713. The number of fused-ring (bicyclic) bond motifs is 1. The smallest absolute Gasteiger partial charge is 0.431 e. The molecule has 6 nitrogen and oxygen atoms in total. The van der Waals surface area contributed by atoms with Crippen LogP contribution in [0.3, 0.4) is 0 Å². The molecule has 0 spiro atoms. The summed E-state index contributed by atoms with van der Waals surface area (Å²) in [5, 5.41) is 3.13. The molecule has 0 saturated carbocycles. The minimum absolute atomic E-state index is 0.237. The molecule has 0 aliphatic heterocycles. The number of anilines is 2. The van der Waals surface area contributed by atoms with E-state index in [-0.39, 0.29) is 12.0 Å². The van der Waals surface area contributed by atoms with Crippen LogP contribution in [-0.4, -0.2) is 22.2 Å². The maximum atomic E-state index is 11.8. The topological polar surface area (TPSA) is 73.3 Å². The van der Waals surface area contributed by atoms with Gasteiger partial charge in [-0.1, -0.05) is 18.2 Å². The van der Waals surface area contributed by atoms with E-state index in [1.54, 1.807) is 13.8 Å². The molecule has 0 amide bonds. The second-order valence-electron chi connectivity index (χ2n) is 5.64. The van der Waals surface area contributed by atoms with Gasteiger partial charge in [-0.2, -0.15) is 4.98 Å². The maximum absolute atomic E-state index is 11.8. The summed E-state index contributed by atoms with van der Waals surface area (Å²) in [7, 11) is 0. The third-order valence-electron chi connectivity index (χ3n) is 3.44. The highest BCUT2D eigenvalue weighted by atomic mass is 16.7. The van der Waals surface area contributed by atoms with Crippen LogP contribution in [-0.2, 0) is 17.6 Å². The molecule has 0 atom stereocenters. The predicted molar refractivity (Wildman–Crippen MR) is 86.0 cm³/mol. The van der Waals surface area contributed by atoms with Gasteiger partial charge in [-0.3, -0.25) is 0 Å². The molecule has 0 saturated heterocycles. The second-order valence-corrected chi connectivity index (χ2v) is 5.64. The van der Waals surface area contributed by atoms with Crippen LogP contribution in [0.25, 0.3) is 0 Å². The first kappa shape index (κ1) is 15.3. The van der Waals surface area contributed by atoms with E-state index in [9.17, 15) is 4.79 Å². The molecule has 1 aromatic heterocycles. The van der Waals surface area contributed by atoms with Crippen molar-refractivity contribution in [3.05, 3.63) is 41.6 Å². The van der Waals surface area contributed by atoms with Crippen molar-refractivity contribution in [3.8, 4) is 5.88 Å². The van der Waals surface area contributed by atoms with Gasteiger partial charge >= 0.3 is 6.16 Å². The highest BCUT2D eigenvalue weighted by molar-refractivity contribution is 5.65. The van der Waals surface area contributed by atoms with Crippen molar-refractivity contribution in [1.29, 1.82) is 0 Å². The van der Waals surface area contributed by atoms with Gasteiger partial charge in [0.25, 0.3) is 0 Å². The van der Waals surface area contributed by atoms with E-state index in [1.807, 2.05) is 30.3 Å². The van der Waals surface area contributed by atoms with Crippen LogP contribution in [0, 0.1) is 0 Å². The molecule has 6 heteroatoms. The first-order valence-corrected chi connectivity index (χ1v) is 7.72. The highest BCUT2D eigenvalue weighted by Crippen LogP contribution is 2.30. The Morgan fingerprint density at radius 3 is 2.70 bits per heavy atom. The van der Waals surface area contributed by atoms with E-state index in [2.05, 4.69) is 15.3 Å². The molecule has 0 unspecified atom stereocenters. The molecule has 2 aromatic rings. The number of hydrogen-bond donors (Lipinski definition) is 1. The minimum Gasteiger partial charge on any atom is -0.431 e. The van der Waals surface area contributed by atoms with Crippen molar-refractivity contribution < 1.29 is 14.3 Å². The number of ether oxygens (including phenoxy) is 2. The summed E-state index contributed by atoms with van der Waals surface area (Å²) in [5.41, 5.74) is 2.69. The Kier molecular flexibility index (Phi) is 4.41. The van der Waals surface area contributed by atoms with Crippen LogP contribution in [0.4, 0.5) is 16.4 Å². The summed E-state index contributed by atoms with van der Waals surface area (Å²) < 4.78 is 10.3. The molecule has 0 fully saturated rings. The van der Waals surface area contributed by atoms with E-state index < -0.39 is 6.16 Å². The van der Waals surface area contributed by atoms with Gasteiger partial charge < -0.3 is 14.8 Å². The van der Waals surface area contributed by atoms with Crippen LogP contribution >= 0.6 is 0 Å². The van der Waals surface area contributed by atoms with Crippen molar-refractivity contribution in [3.63, 3.8) is 0 Å². The fourth-order valence-corrected chi connectivity index (χ4v) is 2.48. The van der Waals surface area contributed by atoms with Gasteiger partial charge in [-0.05, 0) is 45.2 Å². The Bertz CT molecular complexity index is 702. The van der Waals surface area contributed by atoms with Gasteiger partial charge in [0.2, 0.25) is 11.8 Å². The Labute approximate surface area is 134 Å². The summed E-state index contributed by atoms with van der Waals surface area (Å²) in [6, 6.07) is 9.62. The second kappa shape index (κ2) is 6.64. The number of benzene rings is 1. The molecule has 1 N–H and O–H groups in total. The van der Waals surface area contributed by atoms with Gasteiger partial charge in [0.1, 0.15) is 0 Å². The number of nitrogens with one attached hydrogen (secondary N) is 1. The molecule has 23 heavy (non-hydrogen) atoms. The van der Waals surface area contributed by atoms with Crippen LogP contribution in [0.15, 0.2) is 30.3 Å². The lowest BCUT2D eigenvalue weighted by Crippen LogP contribution is -2.17. The van der Waals surface area contributed by atoms with Crippen LogP contribution in [0.2, 0.25) is 0 Å². The zero-order valence-corrected chi connectivity index (χ0v) is 13.2. The van der Waals surface area contributed by atoms with E-state index in [0.717, 1.165) is 36.2 Å². The van der Waals surface area contributed by atoms with Gasteiger partial charge in [0, 0.05) is 11.3 Å². The van der Waals surface area contributed by atoms with Crippen LogP contribution in [0.5, 0.6) is 5.88 Å². The lowest BCUT2D eigenvalue weighted by atomic mass is 10.2. The molecule has 3 rings (SSSR count). The predicted octanol–water partition coefficient (Wildman–Crippen LogP) is 3.63. The summed E-state index contributed by atoms with van der Waals surface area (Å²) in [6.07, 6.45) is 1.68. The minimum atomic E-state index is -0.738. The van der Waals surface area contributed by atoms with E-state index in [4.69, 9.17) is 9.47 Å². The largest absolute Gasteiger partial charge is 0.515 e. The summed E-state index contributed by atoms with van der Waals surface area (Å²) in [4.78, 5) is 20.6. The van der Waals surface area contributed by atoms with Gasteiger partial charge in [0.15, 0.2) is 0 Å². The number of hydrogen-bond acceptors (Lipinski definition) is 6. The molecular weight excluding hydrogens is 294 g/mol. The van der Waals surface area contributed by atoms with Crippen molar-refractivity contribution in [2.75, 3.05) is 5.32 Å². The standard InChI is InChI=1S/C17H19N3O3/c1-11(2)22-17(21)23-15-13-9-6-10-14(13)19-16(20-15)18-12-7-4-3-5-8-12/h3-5,7-8,11H,6,9-10H2,1-2H3,(H,18,19,20). The summed E-state index contributed by atoms with van der Waals surface area (Å²) in [6.45, 7) is 3.54. The first-order chi connectivity index (χ1) is 11.1. The van der Waals surface area contributed by atoms with Crippen LogP contribution < -0.4 is 10.1 Å². The zero-order valence-electron chi connectivity index (χ0n) is 13.2. The first-order valence-electron chi connectivity index (χ1n) is 7.72. The number of carbonyl (C=O) groups is 1. The zero-order chi connectivity index (χ0) is 16.2. The number of carbonyl (C=O) groups excluding carboxylic acids is 1. The molecule has 1 heterocycles. The Balaban J connectivity index is 1.85. The number of para-hydroxylation sites is 1. The summed E-state index contributed by atoms with van der Waals surface area (Å²) in [5.74, 6) is 0.709. The third-order valence-corrected chi connectivity index (χ3v) is 3.44. The quantitative estimate of drug-likeness (QED) is 0.869.